The number of carbonyl (C=O) groups excluding carboxylic acids is 3. The Labute approximate surface area is 161 Å². The lowest BCUT2D eigenvalue weighted by atomic mass is 9.82. The monoisotopic (exact) mass is 393 g/mol. The Bertz CT molecular complexity index is 746. The highest BCUT2D eigenvalue weighted by atomic mass is 16.7. The molecule has 2 bridgehead atoms. The number of allylic oxidation sites excluding steroid dienone is 1. The fourth-order valence-corrected chi connectivity index (χ4v) is 4.73. The molecule has 2 fully saturated rings. The van der Waals surface area contributed by atoms with Gasteiger partial charge in [-0.15, -0.1) is 0 Å². The Kier molecular flexibility index (Phi) is 4.86. The van der Waals surface area contributed by atoms with Crippen LogP contribution in [0.3, 0.4) is 0 Å². The van der Waals surface area contributed by atoms with E-state index < -0.39 is 42.3 Å². The first-order valence-corrected chi connectivity index (χ1v) is 9.40. The van der Waals surface area contributed by atoms with Gasteiger partial charge >= 0.3 is 17.9 Å². The van der Waals surface area contributed by atoms with Gasteiger partial charge in [0, 0.05) is 26.7 Å². The molecule has 0 spiro atoms. The minimum absolute atomic E-state index is 0.0136. The highest BCUT2D eigenvalue weighted by molar-refractivity contribution is 5.94. The molecule has 9 heteroatoms. The molecule has 0 amide bonds. The Morgan fingerprint density at radius 3 is 2.29 bits per heavy atom. The van der Waals surface area contributed by atoms with Crippen molar-refractivity contribution < 1.29 is 38.2 Å². The van der Waals surface area contributed by atoms with E-state index in [2.05, 4.69) is 17.3 Å². The quantitative estimate of drug-likeness (QED) is 0.391. The summed E-state index contributed by atoms with van der Waals surface area (Å²) in [6.45, 7) is 3.74. The van der Waals surface area contributed by atoms with Crippen LogP contribution >= 0.6 is 0 Å². The zero-order valence-corrected chi connectivity index (χ0v) is 15.9. The number of ether oxygens (including phenoxy) is 4. The largest absolute Gasteiger partial charge is 0.456 e. The average Bonchev–Trinajstić information content (AvgIpc) is 3.30. The SMILES string of the molecule is CC(=O)O[C@H]1[C@H](OC(C)=O)[C@H](C2=NOC3C2[C@H]2C=C[C@@H]3C2)OC[C@@H]1OC(C)=O. The summed E-state index contributed by atoms with van der Waals surface area (Å²) in [6, 6.07) is 0. The third-order valence-electron chi connectivity index (χ3n) is 5.65. The molecular weight excluding hydrogens is 370 g/mol. The second-order valence-corrected chi connectivity index (χ2v) is 7.61. The van der Waals surface area contributed by atoms with Crippen molar-refractivity contribution in [1.82, 2.24) is 0 Å². The van der Waals surface area contributed by atoms with Crippen LogP contribution in [0.25, 0.3) is 0 Å². The summed E-state index contributed by atoms with van der Waals surface area (Å²) in [4.78, 5) is 40.6. The maximum absolute atomic E-state index is 11.8. The van der Waals surface area contributed by atoms with Gasteiger partial charge in [0.25, 0.3) is 0 Å². The smallest absolute Gasteiger partial charge is 0.303 e. The minimum Gasteiger partial charge on any atom is -0.456 e. The fraction of sp³-hybridized carbons (Fsp3) is 0.684. The summed E-state index contributed by atoms with van der Waals surface area (Å²) in [6.07, 6.45) is 1.61. The van der Waals surface area contributed by atoms with E-state index in [1.54, 1.807) is 0 Å². The molecule has 2 unspecified atom stereocenters. The van der Waals surface area contributed by atoms with Crippen LogP contribution in [0.1, 0.15) is 27.2 Å². The number of nitrogens with zero attached hydrogens (tertiary/aromatic N) is 1. The average molecular weight is 393 g/mol. The second-order valence-electron chi connectivity index (χ2n) is 7.61. The molecule has 0 N–H and O–H groups in total. The van der Waals surface area contributed by atoms with Gasteiger partial charge in [-0.05, 0) is 12.3 Å². The van der Waals surface area contributed by atoms with Gasteiger partial charge in [0.05, 0.1) is 18.2 Å². The van der Waals surface area contributed by atoms with E-state index in [9.17, 15) is 14.4 Å². The van der Waals surface area contributed by atoms with Crippen molar-refractivity contribution in [2.24, 2.45) is 22.9 Å². The number of rotatable bonds is 4. The maximum atomic E-state index is 11.8. The first-order valence-electron chi connectivity index (χ1n) is 9.40. The molecule has 4 rings (SSSR count). The van der Waals surface area contributed by atoms with E-state index in [-0.39, 0.29) is 24.5 Å². The summed E-state index contributed by atoms with van der Waals surface area (Å²) < 4.78 is 22.1. The molecule has 0 aromatic carbocycles. The van der Waals surface area contributed by atoms with Gasteiger partial charge < -0.3 is 23.8 Å². The van der Waals surface area contributed by atoms with Crippen LogP contribution in [-0.2, 0) is 38.2 Å². The molecular formula is C19H23NO8. The fourth-order valence-electron chi connectivity index (χ4n) is 4.73. The second kappa shape index (κ2) is 7.20. The van der Waals surface area contributed by atoms with Gasteiger partial charge in [-0.2, -0.15) is 0 Å². The molecule has 1 saturated carbocycles. The third kappa shape index (κ3) is 3.28. The molecule has 1 saturated heterocycles. The molecule has 8 atom stereocenters. The van der Waals surface area contributed by atoms with Gasteiger partial charge in [0.1, 0.15) is 12.2 Å². The number of carbonyl (C=O) groups is 3. The number of hydrogen-bond acceptors (Lipinski definition) is 9. The predicted molar refractivity (Wildman–Crippen MR) is 92.9 cm³/mol. The number of oxime groups is 1. The van der Waals surface area contributed by atoms with E-state index in [4.69, 9.17) is 23.8 Å². The van der Waals surface area contributed by atoms with Crippen LogP contribution in [0, 0.1) is 17.8 Å². The van der Waals surface area contributed by atoms with Crippen LogP contribution in [0.15, 0.2) is 17.3 Å². The van der Waals surface area contributed by atoms with E-state index in [0.717, 1.165) is 6.42 Å². The number of hydrogen-bond donors (Lipinski definition) is 0. The van der Waals surface area contributed by atoms with E-state index in [1.807, 2.05) is 0 Å². The van der Waals surface area contributed by atoms with Crippen molar-refractivity contribution >= 4 is 23.6 Å². The van der Waals surface area contributed by atoms with Gasteiger partial charge in [-0.25, -0.2) is 0 Å². The number of fused-ring (bicyclic) bond motifs is 5. The highest BCUT2D eigenvalue weighted by Crippen LogP contribution is 2.49. The van der Waals surface area contributed by atoms with Crippen molar-refractivity contribution in [3.63, 3.8) is 0 Å². The maximum Gasteiger partial charge on any atom is 0.303 e. The molecule has 28 heavy (non-hydrogen) atoms. The molecule has 2 aliphatic heterocycles. The van der Waals surface area contributed by atoms with Crippen LogP contribution in [0.5, 0.6) is 0 Å². The lowest BCUT2D eigenvalue weighted by Gasteiger charge is -2.41. The number of esters is 3. The molecule has 2 aliphatic carbocycles. The van der Waals surface area contributed by atoms with E-state index >= 15 is 0 Å². The van der Waals surface area contributed by atoms with Crippen LogP contribution < -0.4 is 0 Å². The summed E-state index contributed by atoms with van der Waals surface area (Å²) >= 11 is 0. The highest BCUT2D eigenvalue weighted by Gasteiger charge is 2.58. The molecule has 9 nitrogen and oxygen atoms in total. The van der Waals surface area contributed by atoms with E-state index in [1.165, 1.54) is 20.8 Å². The molecule has 0 aromatic heterocycles. The minimum atomic E-state index is -1.00. The van der Waals surface area contributed by atoms with Crippen molar-refractivity contribution in [2.75, 3.05) is 6.61 Å². The first-order chi connectivity index (χ1) is 13.3. The molecule has 0 aromatic rings. The van der Waals surface area contributed by atoms with Gasteiger partial charge in [0.2, 0.25) is 0 Å². The molecule has 0 radical (unpaired) electrons. The third-order valence-corrected chi connectivity index (χ3v) is 5.65. The molecule has 152 valence electrons. The standard InChI is InChI=1S/C19H23NO8/c1-8(21)25-13-7-24-18(19(27-10(3)23)17(13)26-9(2)22)15-14-11-4-5-12(6-11)16(14)28-20-15/h4-5,11-14,16-19H,6-7H2,1-3H3/t11-,12+,13-,14?,16?,17+,18-,19-/m0/s1. The summed E-state index contributed by atoms with van der Waals surface area (Å²) in [5, 5.41) is 4.25. The van der Waals surface area contributed by atoms with Gasteiger partial charge in [0.15, 0.2) is 18.3 Å². The van der Waals surface area contributed by atoms with Crippen LogP contribution in [0.4, 0.5) is 0 Å². The predicted octanol–water partition coefficient (Wildman–Crippen LogP) is 0.757. The summed E-state index contributed by atoms with van der Waals surface area (Å²) in [7, 11) is 0. The summed E-state index contributed by atoms with van der Waals surface area (Å²) in [5.74, 6) is -1.07. The molecule has 4 aliphatic rings. The zero-order valence-electron chi connectivity index (χ0n) is 15.9. The Morgan fingerprint density at radius 1 is 0.964 bits per heavy atom. The van der Waals surface area contributed by atoms with Crippen LogP contribution in [-0.4, -0.2) is 60.7 Å². The Morgan fingerprint density at radius 2 is 1.61 bits per heavy atom. The normalized spacial score (nSPS) is 40.3. The topological polar surface area (TPSA) is 110 Å². The zero-order chi connectivity index (χ0) is 20.0. The van der Waals surface area contributed by atoms with Gasteiger partial charge in [-0.3, -0.25) is 14.4 Å². The van der Waals surface area contributed by atoms with Gasteiger partial charge in [-0.1, -0.05) is 17.3 Å². The van der Waals surface area contributed by atoms with Crippen molar-refractivity contribution in [2.45, 2.75) is 57.7 Å². The van der Waals surface area contributed by atoms with Crippen molar-refractivity contribution in [3.05, 3.63) is 12.2 Å². The van der Waals surface area contributed by atoms with Crippen LogP contribution in [0.2, 0.25) is 0 Å². The molecule has 2 heterocycles. The first kappa shape index (κ1) is 18.9. The van der Waals surface area contributed by atoms with Crippen molar-refractivity contribution in [1.29, 1.82) is 0 Å². The lowest BCUT2D eigenvalue weighted by Crippen LogP contribution is -2.60. The van der Waals surface area contributed by atoms with Crippen molar-refractivity contribution in [3.8, 4) is 0 Å². The van der Waals surface area contributed by atoms with E-state index in [0.29, 0.717) is 11.6 Å². The Balaban J connectivity index is 1.62. The Hall–Kier alpha value is -2.42. The summed E-state index contributed by atoms with van der Waals surface area (Å²) in [5.41, 5.74) is 0.645. The lowest BCUT2D eigenvalue weighted by molar-refractivity contribution is -0.216.